The predicted molar refractivity (Wildman–Crippen MR) is 66.4 cm³/mol. The molecule has 0 fully saturated rings. The molecule has 0 spiro atoms. The molecular formula is C13H25NO2. The van der Waals surface area contributed by atoms with Gasteiger partial charge in [-0.15, -0.1) is 0 Å². The van der Waals surface area contributed by atoms with E-state index in [1.165, 1.54) is 5.57 Å². The van der Waals surface area contributed by atoms with Crippen molar-refractivity contribution in [3.8, 4) is 0 Å². The van der Waals surface area contributed by atoms with Crippen molar-refractivity contribution in [3.63, 3.8) is 0 Å². The Labute approximate surface area is 99.2 Å². The summed E-state index contributed by atoms with van der Waals surface area (Å²) < 4.78 is 10.9. The Morgan fingerprint density at radius 1 is 1.56 bits per heavy atom. The van der Waals surface area contributed by atoms with Crippen molar-refractivity contribution in [1.82, 2.24) is 5.32 Å². The van der Waals surface area contributed by atoms with E-state index < -0.39 is 0 Å². The van der Waals surface area contributed by atoms with E-state index in [-0.39, 0.29) is 5.60 Å². The van der Waals surface area contributed by atoms with Crippen molar-refractivity contribution in [2.24, 2.45) is 0 Å². The SMILES string of the molecule is CCNC(CC(C)(C)OC)C1=COCCC1. The Kier molecular flexibility index (Phi) is 5.29. The van der Waals surface area contributed by atoms with Gasteiger partial charge in [0.15, 0.2) is 0 Å². The van der Waals surface area contributed by atoms with Crippen LogP contribution in [-0.2, 0) is 9.47 Å². The topological polar surface area (TPSA) is 30.5 Å². The lowest BCUT2D eigenvalue weighted by atomic mass is 9.91. The second kappa shape index (κ2) is 6.26. The number of hydrogen-bond donors (Lipinski definition) is 1. The van der Waals surface area contributed by atoms with E-state index in [2.05, 4.69) is 26.1 Å². The van der Waals surface area contributed by atoms with Crippen LogP contribution in [0.5, 0.6) is 0 Å². The van der Waals surface area contributed by atoms with Crippen LogP contribution >= 0.6 is 0 Å². The zero-order valence-electron chi connectivity index (χ0n) is 11.0. The van der Waals surface area contributed by atoms with Crippen LogP contribution in [0.2, 0.25) is 0 Å². The van der Waals surface area contributed by atoms with E-state index in [0.29, 0.717) is 6.04 Å². The molecule has 0 amide bonds. The molecule has 0 radical (unpaired) electrons. The molecule has 1 heterocycles. The molecule has 0 aromatic heterocycles. The molecule has 1 atom stereocenters. The van der Waals surface area contributed by atoms with Crippen LogP contribution in [0.15, 0.2) is 11.8 Å². The van der Waals surface area contributed by atoms with E-state index in [1.807, 2.05) is 6.26 Å². The molecule has 0 aromatic rings. The van der Waals surface area contributed by atoms with Gasteiger partial charge in [0, 0.05) is 13.2 Å². The first-order valence-electron chi connectivity index (χ1n) is 6.18. The highest BCUT2D eigenvalue weighted by Crippen LogP contribution is 2.24. The van der Waals surface area contributed by atoms with Crippen molar-refractivity contribution < 1.29 is 9.47 Å². The average Bonchev–Trinajstić information content (AvgIpc) is 2.29. The number of likely N-dealkylation sites (N-methyl/N-ethyl adjacent to an activating group) is 1. The van der Waals surface area contributed by atoms with Crippen molar-refractivity contribution in [3.05, 3.63) is 11.8 Å². The van der Waals surface area contributed by atoms with Gasteiger partial charge < -0.3 is 14.8 Å². The summed E-state index contributed by atoms with van der Waals surface area (Å²) in [5.74, 6) is 0. The Hall–Kier alpha value is -0.540. The Bertz CT molecular complexity index is 236. The smallest absolute Gasteiger partial charge is 0.0876 e. The molecule has 16 heavy (non-hydrogen) atoms. The molecule has 1 aliphatic heterocycles. The maximum absolute atomic E-state index is 5.50. The molecule has 1 aliphatic rings. The van der Waals surface area contributed by atoms with Crippen molar-refractivity contribution >= 4 is 0 Å². The Morgan fingerprint density at radius 2 is 2.31 bits per heavy atom. The summed E-state index contributed by atoms with van der Waals surface area (Å²) in [5.41, 5.74) is 1.28. The summed E-state index contributed by atoms with van der Waals surface area (Å²) in [4.78, 5) is 0. The maximum Gasteiger partial charge on any atom is 0.0876 e. The fourth-order valence-corrected chi connectivity index (χ4v) is 2.00. The van der Waals surface area contributed by atoms with Crippen LogP contribution in [-0.4, -0.2) is 31.9 Å². The largest absolute Gasteiger partial charge is 0.501 e. The van der Waals surface area contributed by atoms with Crippen LogP contribution in [0.4, 0.5) is 0 Å². The van der Waals surface area contributed by atoms with Crippen molar-refractivity contribution in [2.75, 3.05) is 20.3 Å². The fraction of sp³-hybridized carbons (Fsp3) is 0.846. The van der Waals surface area contributed by atoms with Gasteiger partial charge in [-0.3, -0.25) is 0 Å². The number of nitrogens with one attached hydrogen (secondary N) is 1. The third-order valence-corrected chi connectivity index (χ3v) is 3.11. The quantitative estimate of drug-likeness (QED) is 0.756. The molecule has 0 aromatic carbocycles. The van der Waals surface area contributed by atoms with E-state index in [9.17, 15) is 0 Å². The van der Waals surface area contributed by atoms with Crippen LogP contribution in [0.3, 0.4) is 0 Å². The van der Waals surface area contributed by atoms with Gasteiger partial charge >= 0.3 is 0 Å². The number of ether oxygens (including phenoxy) is 2. The lowest BCUT2D eigenvalue weighted by Crippen LogP contribution is -2.39. The van der Waals surface area contributed by atoms with Gasteiger partial charge in [-0.2, -0.15) is 0 Å². The molecule has 1 N–H and O–H groups in total. The van der Waals surface area contributed by atoms with E-state index in [1.54, 1.807) is 7.11 Å². The summed E-state index contributed by atoms with van der Waals surface area (Å²) in [6.45, 7) is 8.22. The predicted octanol–water partition coefficient (Wildman–Crippen LogP) is 2.47. The number of hydrogen-bond acceptors (Lipinski definition) is 3. The van der Waals surface area contributed by atoms with Crippen LogP contribution in [0.25, 0.3) is 0 Å². The first-order chi connectivity index (χ1) is 7.59. The normalized spacial score (nSPS) is 18.9. The van der Waals surface area contributed by atoms with Gasteiger partial charge in [0.1, 0.15) is 0 Å². The molecule has 94 valence electrons. The first kappa shape index (κ1) is 13.5. The second-order valence-corrected chi connectivity index (χ2v) is 4.95. The average molecular weight is 227 g/mol. The summed E-state index contributed by atoms with van der Waals surface area (Å²) in [6.07, 6.45) is 5.17. The Balaban J connectivity index is 2.62. The highest BCUT2D eigenvalue weighted by Gasteiger charge is 2.25. The minimum Gasteiger partial charge on any atom is -0.501 e. The molecule has 0 saturated carbocycles. The zero-order valence-corrected chi connectivity index (χ0v) is 11.0. The van der Waals surface area contributed by atoms with Crippen LogP contribution < -0.4 is 5.32 Å². The van der Waals surface area contributed by atoms with Crippen molar-refractivity contribution in [2.45, 2.75) is 51.7 Å². The van der Waals surface area contributed by atoms with Gasteiger partial charge in [-0.05, 0) is 45.2 Å². The molecule has 0 saturated heterocycles. The summed E-state index contributed by atoms with van der Waals surface area (Å²) in [6, 6.07) is 0.375. The molecule has 1 rings (SSSR count). The zero-order chi connectivity index (χ0) is 12.0. The molecule has 0 bridgehead atoms. The van der Waals surface area contributed by atoms with Gasteiger partial charge in [0.25, 0.3) is 0 Å². The van der Waals surface area contributed by atoms with Gasteiger partial charge in [-0.1, -0.05) is 6.92 Å². The van der Waals surface area contributed by atoms with Gasteiger partial charge in [0.2, 0.25) is 0 Å². The molecule has 3 nitrogen and oxygen atoms in total. The molecular weight excluding hydrogens is 202 g/mol. The Morgan fingerprint density at radius 3 is 2.81 bits per heavy atom. The van der Waals surface area contributed by atoms with Gasteiger partial charge in [0.05, 0.1) is 18.5 Å². The monoisotopic (exact) mass is 227 g/mol. The van der Waals surface area contributed by atoms with Gasteiger partial charge in [-0.25, -0.2) is 0 Å². The highest BCUT2D eigenvalue weighted by molar-refractivity contribution is 5.11. The minimum absolute atomic E-state index is 0.0921. The highest BCUT2D eigenvalue weighted by atomic mass is 16.5. The minimum atomic E-state index is -0.0921. The lowest BCUT2D eigenvalue weighted by Gasteiger charge is -2.31. The third-order valence-electron chi connectivity index (χ3n) is 3.11. The summed E-state index contributed by atoms with van der Waals surface area (Å²) in [7, 11) is 1.77. The van der Waals surface area contributed by atoms with E-state index in [4.69, 9.17) is 9.47 Å². The first-order valence-corrected chi connectivity index (χ1v) is 6.18. The van der Waals surface area contributed by atoms with E-state index in [0.717, 1.165) is 32.4 Å². The molecule has 3 heteroatoms. The standard InChI is InChI=1S/C13H25NO2/c1-5-14-12(9-13(2,3)15-4)11-7-6-8-16-10-11/h10,12,14H,5-9H2,1-4H3. The van der Waals surface area contributed by atoms with Crippen LogP contribution in [0, 0.1) is 0 Å². The van der Waals surface area contributed by atoms with Crippen LogP contribution in [0.1, 0.15) is 40.0 Å². The third kappa shape index (κ3) is 4.14. The summed E-state index contributed by atoms with van der Waals surface area (Å²) >= 11 is 0. The number of rotatable bonds is 6. The summed E-state index contributed by atoms with van der Waals surface area (Å²) in [5, 5.41) is 3.51. The second-order valence-electron chi connectivity index (χ2n) is 4.95. The number of methoxy groups -OCH3 is 1. The molecule has 0 aliphatic carbocycles. The lowest BCUT2D eigenvalue weighted by molar-refractivity contribution is 0.00919. The fourth-order valence-electron chi connectivity index (χ4n) is 2.00. The molecule has 1 unspecified atom stereocenters. The van der Waals surface area contributed by atoms with Crippen molar-refractivity contribution in [1.29, 1.82) is 0 Å². The van der Waals surface area contributed by atoms with E-state index >= 15 is 0 Å². The maximum atomic E-state index is 5.50.